The van der Waals surface area contributed by atoms with Crippen LogP contribution < -0.4 is 0 Å². The third kappa shape index (κ3) is 8.46. The topological polar surface area (TPSA) is 17.1 Å². The summed E-state index contributed by atoms with van der Waals surface area (Å²) in [4.78, 5) is 10.5. The lowest BCUT2D eigenvalue weighted by Gasteiger charge is -2.11. The highest BCUT2D eigenvalue weighted by Gasteiger charge is 2.06. The monoisotopic (exact) mass is 222 g/mol. The number of allylic oxidation sites excluding steroid dienone is 4. The molecule has 0 aliphatic rings. The van der Waals surface area contributed by atoms with E-state index in [1.165, 1.54) is 18.4 Å². The predicted octanol–water partition coefficient (Wildman–Crippen LogP) is 4.54. The summed E-state index contributed by atoms with van der Waals surface area (Å²) in [5.74, 6) is 0.882. The summed E-state index contributed by atoms with van der Waals surface area (Å²) in [6, 6.07) is 0. The Balaban J connectivity index is 3.58. The lowest BCUT2D eigenvalue weighted by atomic mass is 9.94. The SMILES string of the molecule is CC=C(C)/C=C/CCC[C@@H](C)C[C@@H](C)C=O. The van der Waals surface area contributed by atoms with Crippen molar-refractivity contribution >= 4 is 6.29 Å². The third-order valence-electron chi connectivity index (χ3n) is 2.91. The van der Waals surface area contributed by atoms with E-state index in [0.717, 1.165) is 19.1 Å². The van der Waals surface area contributed by atoms with E-state index >= 15 is 0 Å². The van der Waals surface area contributed by atoms with Gasteiger partial charge in [-0.05, 0) is 39.0 Å². The van der Waals surface area contributed by atoms with Gasteiger partial charge in [0.15, 0.2) is 0 Å². The Morgan fingerprint density at radius 1 is 1.31 bits per heavy atom. The van der Waals surface area contributed by atoms with Gasteiger partial charge in [-0.2, -0.15) is 0 Å². The fourth-order valence-corrected chi connectivity index (χ4v) is 1.76. The first kappa shape index (κ1) is 15.2. The molecule has 0 aromatic heterocycles. The smallest absolute Gasteiger partial charge is 0.122 e. The number of carbonyl (C=O) groups excluding carboxylic acids is 1. The molecule has 0 aliphatic heterocycles. The van der Waals surface area contributed by atoms with Gasteiger partial charge in [0, 0.05) is 5.92 Å². The van der Waals surface area contributed by atoms with E-state index in [2.05, 4.69) is 39.0 Å². The molecule has 0 saturated heterocycles. The van der Waals surface area contributed by atoms with Crippen LogP contribution in [-0.4, -0.2) is 6.29 Å². The van der Waals surface area contributed by atoms with Crippen LogP contribution in [0.25, 0.3) is 0 Å². The second kappa shape index (κ2) is 9.38. The van der Waals surface area contributed by atoms with Crippen LogP contribution in [0.1, 0.15) is 53.4 Å². The molecule has 0 heterocycles. The van der Waals surface area contributed by atoms with Gasteiger partial charge in [-0.1, -0.05) is 44.1 Å². The van der Waals surface area contributed by atoms with Gasteiger partial charge in [0.25, 0.3) is 0 Å². The summed E-state index contributed by atoms with van der Waals surface area (Å²) in [7, 11) is 0. The van der Waals surface area contributed by atoms with E-state index in [1.54, 1.807) is 0 Å². The third-order valence-corrected chi connectivity index (χ3v) is 2.91. The molecule has 2 atom stereocenters. The van der Waals surface area contributed by atoms with Crippen molar-refractivity contribution < 1.29 is 4.79 Å². The van der Waals surface area contributed by atoms with Gasteiger partial charge in [-0.15, -0.1) is 0 Å². The van der Waals surface area contributed by atoms with Crippen molar-refractivity contribution in [3.8, 4) is 0 Å². The van der Waals surface area contributed by atoms with Crippen LogP contribution in [0.4, 0.5) is 0 Å². The van der Waals surface area contributed by atoms with Crippen molar-refractivity contribution in [1.29, 1.82) is 0 Å². The van der Waals surface area contributed by atoms with Crippen molar-refractivity contribution in [2.75, 3.05) is 0 Å². The highest BCUT2D eigenvalue weighted by Crippen LogP contribution is 2.16. The summed E-state index contributed by atoms with van der Waals surface area (Å²) in [5.41, 5.74) is 1.32. The number of hydrogen-bond donors (Lipinski definition) is 0. The summed E-state index contributed by atoms with van der Waals surface area (Å²) < 4.78 is 0. The number of hydrogen-bond acceptors (Lipinski definition) is 1. The van der Waals surface area contributed by atoms with E-state index in [4.69, 9.17) is 0 Å². The van der Waals surface area contributed by atoms with Crippen molar-refractivity contribution in [1.82, 2.24) is 0 Å². The van der Waals surface area contributed by atoms with Gasteiger partial charge >= 0.3 is 0 Å². The first-order valence-corrected chi connectivity index (χ1v) is 6.34. The summed E-state index contributed by atoms with van der Waals surface area (Å²) in [6.07, 6.45) is 12.2. The number of aldehydes is 1. The zero-order chi connectivity index (χ0) is 12.4. The second-order valence-corrected chi connectivity index (χ2v) is 4.82. The van der Waals surface area contributed by atoms with Crippen LogP contribution in [0.3, 0.4) is 0 Å². The van der Waals surface area contributed by atoms with E-state index in [9.17, 15) is 4.79 Å². The van der Waals surface area contributed by atoms with Gasteiger partial charge in [0.05, 0.1) is 0 Å². The molecule has 0 radical (unpaired) electrons. The van der Waals surface area contributed by atoms with Crippen molar-refractivity contribution in [3.05, 3.63) is 23.8 Å². The van der Waals surface area contributed by atoms with Gasteiger partial charge in [-0.25, -0.2) is 0 Å². The Labute approximate surface area is 101 Å². The molecule has 0 spiro atoms. The average molecular weight is 222 g/mol. The number of unbranched alkanes of at least 4 members (excludes halogenated alkanes) is 1. The molecule has 0 saturated carbocycles. The zero-order valence-corrected chi connectivity index (χ0v) is 11.2. The van der Waals surface area contributed by atoms with E-state index < -0.39 is 0 Å². The molecule has 0 aromatic rings. The standard InChI is InChI=1S/C15H26O/c1-5-13(2)9-7-6-8-10-14(3)11-15(4)12-16/h5,7,9,12,14-15H,6,8,10-11H2,1-4H3/b9-7+,13-5?/t14-,15-/m1/s1. The van der Waals surface area contributed by atoms with Gasteiger partial charge in [0.2, 0.25) is 0 Å². The van der Waals surface area contributed by atoms with Crippen LogP contribution in [0.5, 0.6) is 0 Å². The van der Waals surface area contributed by atoms with Crippen LogP contribution in [-0.2, 0) is 4.79 Å². The molecule has 0 aliphatic carbocycles. The Kier molecular flexibility index (Phi) is 8.88. The number of rotatable bonds is 8. The van der Waals surface area contributed by atoms with E-state index in [1.807, 2.05) is 6.92 Å². The molecule has 0 bridgehead atoms. The molecule has 0 N–H and O–H groups in total. The van der Waals surface area contributed by atoms with E-state index in [-0.39, 0.29) is 5.92 Å². The van der Waals surface area contributed by atoms with Crippen LogP contribution in [0.2, 0.25) is 0 Å². The van der Waals surface area contributed by atoms with Crippen molar-refractivity contribution in [2.45, 2.75) is 53.4 Å². The lowest BCUT2D eigenvalue weighted by molar-refractivity contribution is -0.111. The predicted molar refractivity (Wildman–Crippen MR) is 71.4 cm³/mol. The normalized spacial score (nSPS) is 16.4. The maximum Gasteiger partial charge on any atom is 0.122 e. The Morgan fingerprint density at radius 2 is 2.00 bits per heavy atom. The molecule has 0 amide bonds. The van der Waals surface area contributed by atoms with Gasteiger partial charge < -0.3 is 4.79 Å². The van der Waals surface area contributed by atoms with E-state index in [0.29, 0.717) is 5.92 Å². The molecule has 0 fully saturated rings. The summed E-state index contributed by atoms with van der Waals surface area (Å²) >= 11 is 0. The molecule has 16 heavy (non-hydrogen) atoms. The maximum atomic E-state index is 10.5. The first-order chi connectivity index (χ1) is 7.60. The number of carbonyl (C=O) groups is 1. The Morgan fingerprint density at radius 3 is 2.56 bits per heavy atom. The molecular formula is C15H26O. The minimum Gasteiger partial charge on any atom is -0.303 e. The lowest BCUT2D eigenvalue weighted by Crippen LogP contribution is -2.03. The molecule has 1 heteroatoms. The molecule has 0 rings (SSSR count). The summed E-state index contributed by atoms with van der Waals surface area (Å²) in [5, 5.41) is 0. The molecule has 92 valence electrons. The maximum absolute atomic E-state index is 10.5. The molecule has 1 nitrogen and oxygen atoms in total. The van der Waals surface area contributed by atoms with Gasteiger partial charge in [-0.3, -0.25) is 0 Å². The minimum atomic E-state index is 0.218. The van der Waals surface area contributed by atoms with Gasteiger partial charge in [0.1, 0.15) is 6.29 Å². The highest BCUT2D eigenvalue weighted by atomic mass is 16.1. The Bertz CT molecular complexity index is 238. The second-order valence-electron chi connectivity index (χ2n) is 4.82. The average Bonchev–Trinajstić information content (AvgIpc) is 2.27. The van der Waals surface area contributed by atoms with Crippen LogP contribution in [0.15, 0.2) is 23.8 Å². The fourth-order valence-electron chi connectivity index (χ4n) is 1.76. The molecular weight excluding hydrogens is 196 g/mol. The van der Waals surface area contributed by atoms with Crippen LogP contribution in [0, 0.1) is 11.8 Å². The van der Waals surface area contributed by atoms with Crippen LogP contribution >= 0.6 is 0 Å². The van der Waals surface area contributed by atoms with Crippen molar-refractivity contribution in [2.24, 2.45) is 11.8 Å². The highest BCUT2D eigenvalue weighted by molar-refractivity contribution is 5.52. The Hall–Kier alpha value is -0.850. The molecule has 0 unspecified atom stereocenters. The largest absolute Gasteiger partial charge is 0.303 e. The fraction of sp³-hybridized carbons (Fsp3) is 0.667. The first-order valence-electron chi connectivity index (χ1n) is 6.34. The minimum absolute atomic E-state index is 0.218. The van der Waals surface area contributed by atoms with Crippen molar-refractivity contribution in [3.63, 3.8) is 0 Å². The summed E-state index contributed by atoms with van der Waals surface area (Å²) in [6.45, 7) is 8.41. The molecule has 0 aromatic carbocycles. The zero-order valence-electron chi connectivity index (χ0n) is 11.2. The quantitative estimate of drug-likeness (QED) is 0.335.